The first-order valence-corrected chi connectivity index (χ1v) is 7.38. The summed E-state index contributed by atoms with van der Waals surface area (Å²) >= 11 is 0. The van der Waals surface area contributed by atoms with Crippen LogP contribution in [0.25, 0.3) is 0 Å². The lowest BCUT2D eigenvalue weighted by Gasteiger charge is -2.35. The zero-order chi connectivity index (χ0) is 12.3. The topological polar surface area (TPSA) is 32.5 Å². The van der Waals surface area contributed by atoms with E-state index in [9.17, 15) is 0 Å². The van der Waals surface area contributed by atoms with Crippen molar-refractivity contribution in [3.05, 3.63) is 0 Å². The molecule has 2 unspecified atom stereocenters. The molecule has 0 amide bonds. The second-order valence-electron chi connectivity index (χ2n) is 5.98. The average Bonchev–Trinajstić information content (AvgIpc) is 2.80. The van der Waals surface area contributed by atoms with Crippen LogP contribution in [-0.2, 0) is 0 Å². The van der Waals surface area contributed by atoms with E-state index in [1.165, 1.54) is 45.2 Å². The Balaban J connectivity index is 2.01. The van der Waals surface area contributed by atoms with Crippen molar-refractivity contribution in [1.29, 1.82) is 0 Å². The summed E-state index contributed by atoms with van der Waals surface area (Å²) in [6, 6.07) is 2.28. The molecule has 1 aliphatic carbocycles. The fourth-order valence-corrected chi connectivity index (χ4v) is 3.55. The van der Waals surface area contributed by atoms with Crippen LogP contribution < -0.4 is 5.73 Å². The first-order valence-electron chi connectivity index (χ1n) is 7.38. The van der Waals surface area contributed by atoms with Crippen molar-refractivity contribution >= 4 is 0 Å². The van der Waals surface area contributed by atoms with E-state index in [1.807, 2.05) is 0 Å². The quantitative estimate of drug-likeness (QED) is 0.813. The van der Waals surface area contributed by atoms with Gasteiger partial charge in [0.2, 0.25) is 0 Å². The molecule has 0 bridgehead atoms. The third kappa shape index (κ3) is 3.21. The molecule has 17 heavy (non-hydrogen) atoms. The molecule has 2 N–H and O–H groups in total. The van der Waals surface area contributed by atoms with E-state index in [2.05, 4.69) is 23.8 Å². The van der Waals surface area contributed by atoms with Gasteiger partial charge in [-0.05, 0) is 52.7 Å². The van der Waals surface area contributed by atoms with Gasteiger partial charge in [-0.3, -0.25) is 4.90 Å². The molecule has 2 fully saturated rings. The first-order chi connectivity index (χ1) is 8.22. The monoisotopic (exact) mass is 239 g/mol. The van der Waals surface area contributed by atoms with Gasteiger partial charge in [0, 0.05) is 24.7 Å². The Labute approximate surface area is 106 Å². The molecule has 0 radical (unpaired) electrons. The van der Waals surface area contributed by atoms with E-state index in [0.29, 0.717) is 6.04 Å². The summed E-state index contributed by atoms with van der Waals surface area (Å²) < 4.78 is 0. The normalized spacial score (nSPS) is 34.1. The van der Waals surface area contributed by atoms with E-state index < -0.39 is 0 Å². The summed E-state index contributed by atoms with van der Waals surface area (Å²) in [6.45, 7) is 5.70. The number of rotatable bonds is 3. The van der Waals surface area contributed by atoms with Gasteiger partial charge < -0.3 is 10.6 Å². The summed E-state index contributed by atoms with van der Waals surface area (Å²) in [6.07, 6.45) is 8.17. The van der Waals surface area contributed by atoms with Gasteiger partial charge in [-0.2, -0.15) is 0 Å². The van der Waals surface area contributed by atoms with Gasteiger partial charge in [0.15, 0.2) is 0 Å². The molecule has 3 heteroatoms. The van der Waals surface area contributed by atoms with Gasteiger partial charge in [0.05, 0.1) is 0 Å². The van der Waals surface area contributed by atoms with Crippen molar-refractivity contribution in [3.8, 4) is 0 Å². The summed E-state index contributed by atoms with van der Waals surface area (Å²) in [5.41, 5.74) is 5.76. The molecule has 1 saturated heterocycles. The molecule has 0 spiro atoms. The van der Waals surface area contributed by atoms with Crippen molar-refractivity contribution < 1.29 is 0 Å². The number of likely N-dealkylation sites (N-methyl/N-ethyl adjacent to an activating group) is 1. The molecule has 2 rings (SSSR count). The van der Waals surface area contributed by atoms with Crippen LogP contribution in [0.1, 0.15) is 45.4 Å². The first kappa shape index (κ1) is 13.3. The van der Waals surface area contributed by atoms with Crippen molar-refractivity contribution in [1.82, 2.24) is 9.80 Å². The third-order valence-electron chi connectivity index (χ3n) is 4.80. The molecule has 2 aliphatic rings. The summed E-state index contributed by atoms with van der Waals surface area (Å²) in [5, 5.41) is 0. The second-order valence-corrected chi connectivity index (χ2v) is 5.98. The lowest BCUT2D eigenvalue weighted by molar-refractivity contribution is 0.127. The minimum absolute atomic E-state index is 0.672. The fraction of sp³-hybridized carbons (Fsp3) is 1.00. The van der Waals surface area contributed by atoms with Gasteiger partial charge in [0.1, 0.15) is 0 Å². The van der Waals surface area contributed by atoms with Crippen LogP contribution in [0.15, 0.2) is 0 Å². The van der Waals surface area contributed by atoms with Crippen LogP contribution in [0.3, 0.4) is 0 Å². The smallest absolute Gasteiger partial charge is 0.0232 e. The van der Waals surface area contributed by atoms with Crippen LogP contribution >= 0.6 is 0 Å². The lowest BCUT2D eigenvalue weighted by atomic mass is 10.1. The highest BCUT2D eigenvalue weighted by atomic mass is 15.3. The van der Waals surface area contributed by atoms with Gasteiger partial charge >= 0.3 is 0 Å². The van der Waals surface area contributed by atoms with Gasteiger partial charge in [0.25, 0.3) is 0 Å². The average molecular weight is 239 g/mol. The van der Waals surface area contributed by atoms with Gasteiger partial charge in [-0.15, -0.1) is 0 Å². The molecular weight excluding hydrogens is 210 g/mol. The fourth-order valence-electron chi connectivity index (χ4n) is 3.55. The van der Waals surface area contributed by atoms with Crippen LogP contribution in [0, 0.1) is 0 Å². The molecule has 2 atom stereocenters. The van der Waals surface area contributed by atoms with Gasteiger partial charge in [-0.1, -0.05) is 12.8 Å². The Hall–Kier alpha value is -0.120. The second kappa shape index (κ2) is 6.17. The maximum absolute atomic E-state index is 5.76. The minimum Gasteiger partial charge on any atom is -0.330 e. The largest absolute Gasteiger partial charge is 0.330 e. The molecule has 0 aromatic rings. The van der Waals surface area contributed by atoms with Gasteiger partial charge in [-0.25, -0.2) is 0 Å². The van der Waals surface area contributed by atoms with Crippen LogP contribution in [0.4, 0.5) is 0 Å². The van der Waals surface area contributed by atoms with Crippen molar-refractivity contribution in [2.45, 2.75) is 63.6 Å². The highest BCUT2D eigenvalue weighted by molar-refractivity contribution is 4.88. The molecule has 100 valence electrons. The van der Waals surface area contributed by atoms with E-state index in [0.717, 1.165) is 25.0 Å². The molecule has 1 saturated carbocycles. The van der Waals surface area contributed by atoms with Crippen LogP contribution in [0.5, 0.6) is 0 Å². The molecule has 3 nitrogen and oxygen atoms in total. The number of hydrogen-bond donors (Lipinski definition) is 1. The summed E-state index contributed by atoms with van der Waals surface area (Å²) in [4.78, 5) is 5.31. The van der Waals surface area contributed by atoms with Crippen molar-refractivity contribution in [2.75, 3.05) is 26.7 Å². The van der Waals surface area contributed by atoms with Crippen LogP contribution in [0.2, 0.25) is 0 Å². The Morgan fingerprint density at radius 2 is 1.88 bits per heavy atom. The highest BCUT2D eigenvalue weighted by Gasteiger charge is 2.31. The maximum Gasteiger partial charge on any atom is 0.0232 e. The van der Waals surface area contributed by atoms with Crippen molar-refractivity contribution in [2.24, 2.45) is 5.73 Å². The molecule has 0 aromatic carbocycles. The maximum atomic E-state index is 5.76. The van der Waals surface area contributed by atoms with Crippen LogP contribution in [-0.4, -0.2) is 54.6 Å². The lowest BCUT2D eigenvalue weighted by Crippen LogP contribution is -2.45. The SMILES string of the molecule is CC1CCN(C)C(CCN)CN1C1CCCC1. The third-order valence-corrected chi connectivity index (χ3v) is 4.80. The Kier molecular flexibility index (Phi) is 4.83. The van der Waals surface area contributed by atoms with E-state index >= 15 is 0 Å². The summed E-state index contributed by atoms with van der Waals surface area (Å²) in [7, 11) is 2.27. The summed E-state index contributed by atoms with van der Waals surface area (Å²) in [5.74, 6) is 0. The van der Waals surface area contributed by atoms with E-state index in [4.69, 9.17) is 5.73 Å². The Morgan fingerprint density at radius 1 is 1.18 bits per heavy atom. The van der Waals surface area contributed by atoms with E-state index in [-0.39, 0.29) is 0 Å². The minimum atomic E-state index is 0.672. The zero-order valence-corrected chi connectivity index (χ0v) is 11.6. The Bertz CT molecular complexity index is 226. The predicted octanol–water partition coefficient (Wildman–Crippen LogP) is 1.67. The Morgan fingerprint density at radius 3 is 2.53 bits per heavy atom. The molecule has 0 aromatic heterocycles. The highest BCUT2D eigenvalue weighted by Crippen LogP contribution is 2.28. The van der Waals surface area contributed by atoms with Crippen molar-refractivity contribution in [3.63, 3.8) is 0 Å². The zero-order valence-electron chi connectivity index (χ0n) is 11.6. The molecule has 1 aliphatic heterocycles. The molecular formula is C14H29N3. The standard InChI is InChI=1S/C14H29N3/c1-12-8-10-16(2)14(7-9-15)11-17(12)13-5-3-4-6-13/h12-14H,3-11,15H2,1-2H3. The van der Waals surface area contributed by atoms with E-state index in [1.54, 1.807) is 0 Å². The number of hydrogen-bond acceptors (Lipinski definition) is 3. The number of nitrogens with zero attached hydrogens (tertiary/aromatic N) is 2. The predicted molar refractivity (Wildman–Crippen MR) is 73.1 cm³/mol. The number of nitrogens with two attached hydrogens (primary N) is 1. The molecule has 1 heterocycles.